The molecule has 0 saturated carbocycles. The van der Waals surface area contributed by atoms with Crippen LogP contribution in [0, 0.1) is 0 Å². The summed E-state index contributed by atoms with van der Waals surface area (Å²) in [4.78, 5) is 0. The number of thioether (sulfide) groups is 1. The van der Waals surface area contributed by atoms with Crippen molar-refractivity contribution in [3.05, 3.63) is 10.7 Å². The Bertz CT molecular complexity index is 406. The number of nitrogen functional groups attached to an aromatic ring is 1. The van der Waals surface area contributed by atoms with Crippen molar-refractivity contribution in [2.75, 3.05) is 23.8 Å². The fourth-order valence-electron chi connectivity index (χ4n) is 2.89. The van der Waals surface area contributed by atoms with Crippen molar-refractivity contribution in [1.82, 2.24) is 9.78 Å². The first-order valence-corrected chi connectivity index (χ1v) is 8.35. The summed E-state index contributed by atoms with van der Waals surface area (Å²) in [5, 5.41) is 4.40. The molecule has 4 nitrogen and oxygen atoms in total. The summed E-state index contributed by atoms with van der Waals surface area (Å²) in [6.07, 6.45) is 6.44. The lowest BCUT2D eigenvalue weighted by atomic mass is 9.85. The Morgan fingerprint density at radius 2 is 2.28 bits per heavy atom. The number of ether oxygens (including phenoxy) is 1. The smallest absolute Gasteiger partial charge is 0.159 e. The molecule has 1 aromatic heterocycles. The zero-order chi connectivity index (χ0) is 12.6. The highest BCUT2D eigenvalue weighted by molar-refractivity contribution is 9.10. The fourth-order valence-corrected chi connectivity index (χ4v) is 4.42. The van der Waals surface area contributed by atoms with Crippen molar-refractivity contribution < 1.29 is 4.74 Å². The summed E-state index contributed by atoms with van der Waals surface area (Å²) in [6, 6.07) is 0.426. The Kier molecular flexibility index (Phi) is 3.60. The van der Waals surface area contributed by atoms with Crippen LogP contribution in [0.4, 0.5) is 5.82 Å². The van der Waals surface area contributed by atoms with Gasteiger partial charge in [0.05, 0.1) is 16.1 Å². The average Bonchev–Trinajstić information content (AvgIpc) is 2.71. The van der Waals surface area contributed by atoms with Crippen LogP contribution in [0.5, 0.6) is 0 Å². The number of aromatic nitrogens is 2. The van der Waals surface area contributed by atoms with Crippen LogP contribution in [0.3, 0.4) is 0 Å². The summed E-state index contributed by atoms with van der Waals surface area (Å²) in [7, 11) is 0. The Labute approximate surface area is 120 Å². The lowest BCUT2D eigenvalue weighted by Crippen LogP contribution is -2.43. The van der Waals surface area contributed by atoms with Gasteiger partial charge < -0.3 is 10.5 Å². The van der Waals surface area contributed by atoms with Crippen molar-refractivity contribution in [1.29, 1.82) is 0 Å². The van der Waals surface area contributed by atoms with E-state index in [1.54, 1.807) is 0 Å². The van der Waals surface area contributed by atoms with Gasteiger partial charge >= 0.3 is 0 Å². The standard InChI is InChI=1S/C12H18BrN3OS/c13-10-8-16(15-11(10)14)9-1-4-17-12(7-9)2-5-18-6-3-12/h8-9H,1-7H2,(H2,14,15). The molecule has 18 heavy (non-hydrogen) atoms. The van der Waals surface area contributed by atoms with E-state index in [4.69, 9.17) is 10.5 Å². The number of nitrogens with two attached hydrogens (primary N) is 1. The van der Waals surface area contributed by atoms with E-state index in [1.807, 2.05) is 22.6 Å². The van der Waals surface area contributed by atoms with Crippen molar-refractivity contribution >= 4 is 33.5 Å². The minimum absolute atomic E-state index is 0.0986. The fraction of sp³-hybridized carbons (Fsp3) is 0.750. The number of anilines is 1. The van der Waals surface area contributed by atoms with E-state index >= 15 is 0 Å². The lowest BCUT2D eigenvalue weighted by Gasteiger charge is -2.43. The molecule has 2 aliphatic heterocycles. The molecule has 0 aromatic carbocycles. The normalized spacial score (nSPS) is 27.5. The topological polar surface area (TPSA) is 53.1 Å². The summed E-state index contributed by atoms with van der Waals surface area (Å²) in [6.45, 7) is 0.840. The number of nitrogens with zero attached hydrogens (tertiary/aromatic N) is 2. The molecule has 2 aliphatic rings. The van der Waals surface area contributed by atoms with Crippen molar-refractivity contribution in [2.24, 2.45) is 0 Å². The number of hydrogen-bond acceptors (Lipinski definition) is 4. The monoisotopic (exact) mass is 331 g/mol. The van der Waals surface area contributed by atoms with Crippen LogP contribution in [0.15, 0.2) is 10.7 Å². The number of hydrogen-bond donors (Lipinski definition) is 1. The number of halogens is 1. The molecule has 3 heterocycles. The van der Waals surface area contributed by atoms with Crippen LogP contribution in [0.1, 0.15) is 31.7 Å². The minimum Gasteiger partial charge on any atom is -0.381 e. The Morgan fingerprint density at radius 1 is 1.50 bits per heavy atom. The summed E-state index contributed by atoms with van der Waals surface area (Å²) < 4.78 is 9.01. The lowest BCUT2D eigenvalue weighted by molar-refractivity contribution is -0.100. The van der Waals surface area contributed by atoms with Crippen molar-refractivity contribution in [2.45, 2.75) is 37.3 Å². The van der Waals surface area contributed by atoms with Gasteiger partial charge in [-0.15, -0.1) is 0 Å². The van der Waals surface area contributed by atoms with E-state index < -0.39 is 0 Å². The molecule has 3 rings (SSSR count). The maximum Gasteiger partial charge on any atom is 0.159 e. The molecule has 2 saturated heterocycles. The molecule has 2 N–H and O–H groups in total. The predicted molar refractivity (Wildman–Crippen MR) is 77.9 cm³/mol. The molecular weight excluding hydrogens is 314 g/mol. The Morgan fingerprint density at radius 3 is 2.94 bits per heavy atom. The Balaban J connectivity index is 1.77. The van der Waals surface area contributed by atoms with Gasteiger partial charge in [-0.05, 0) is 53.1 Å². The Hall–Kier alpha value is -0.200. The molecule has 1 aromatic rings. The van der Waals surface area contributed by atoms with E-state index in [0.29, 0.717) is 11.9 Å². The largest absolute Gasteiger partial charge is 0.381 e. The van der Waals surface area contributed by atoms with Crippen molar-refractivity contribution in [3.63, 3.8) is 0 Å². The predicted octanol–water partition coefficient (Wildman–Crippen LogP) is 2.85. The van der Waals surface area contributed by atoms with Gasteiger partial charge in [-0.1, -0.05) is 0 Å². The van der Waals surface area contributed by atoms with Crippen LogP contribution in [-0.2, 0) is 4.74 Å². The zero-order valence-electron chi connectivity index (χ0n) is 10.3. The highest BCUT2D eigenvalue weighted by Crippen LogP contribution is 2.41. The SMILES string of the molecule is Nc1nn(C2CCOC3(CCSCC3)C2)cc1Br. The molecule has 6 heteroatoms. The van der Waals surface area contributed by atoms with Crippen LogP contribution in [0.2, 0.25) is 0 Å². The minimum atomic E-state index is 0.0986. The van der Waals surface area contributed by atoms with Gasteiger partial charge in [-0.25, -0.2) is 0 Å². The third kappa shape index (κ3) is 2.42. The second kappa shape index (κ2) is 5.06. The van der Waals surface area contributed by atoms with E-state index in [-0.39, 0.29) is 5.60 Å². The van der Waals surface area contributed by atoms with E-state index in [9.17, 15) is 0 Å². The maximum absolute atomic E-state index is 6.10. The van der Waals surface area contributed by atoms with E-state index in [2.05, 4.69) is 21.0 Å². The van der Waals surface area contributed by atoms with E-state index in [0.717, 1.165) is 23.9 Å². The molecule has 0 amide bonds. The highest BCUT2D eigenvalue weighted by Gasteiger charge is 2.39. The van der Waals surface area contributed by atoms with Gasteiger partial charge in [0.15, 0.2) is 5.82 Å². The van der Waals surface area contributed by atoms with Crippen LogP contribution < -0.4 is 5.73 Å². The first-order chi connectivity index (χ1) is 8.69. The molecule has 1 spiro atoms. The second-order valence-corrected chi connectivity index (χ2v) is 7.21. The molecule has 0 bridgehead atoms. The summed E-state index contributed by atoms with van der Waals surface area (Å²) in [5.74, 6) is 3.02. The first-order valence-electron chi connectivity index (χ1n) is 6.40. The van der Waals surface area contributed by atoms with Gasteiger partial charge in [0, 0.05) is 12.8 Å². The van der Waals surface area contributed by atoms with Crippen molar-refractivity contribution in [3.8, 4) is 0 Å². The van der Waals surface area contributed by atoms with Gasteiger partial charge in [-0.2, -0.15) is 16.9 Å². The first kappa shape index (κ1) is 12.8. The average molecular weight is 332 g/mol. The highest BCUT2D eigenvalue weighted by atomic mass is 79.9. The quantitative estimate of drug-likeness (QED) is 0.859. The molecule has 2 fully saturated rings. The number of rotatable bonds is 1. The second-order valence-electron chi connectivity index (χ2n) is 5.13. The van der Waals surface area contributed by atoms with Gasteiger partial charge in [0.1, 0.15) is 0 Å². The van der Waals surface area contributed by atoms with E-state index in [1.165, 1.54) is 24.3 Å². The molecule has 0 radical (unpaired) electrons. The molecular formula is C12H18BrN3OS. The molecule has 100 valence electrons. The van der Waals surface area contributed by atoms with Gasteiger partial charge in [0.25, 0.3) is 0 Å². The van der Waals surface area contributed by atoms with Gasteiger partial charge in [-0.3, -0.25) is 4.68 Å². The summed E-state index contributed by atoms with van der Waals surface area (Å²) >= 11 is 5.46. The third-order valence-corrected chi connectivity index (χ3v) is 5.56. The molecule has 0 aliphatic carbocycles. The summed E-state index contributed by atoms with van der Waals surface area (Å²) in [5.41, 5.74) is 5.90. The van der Waals surface area contributed by atoms with Crippen LogP contribution >= 0.6 is 27.7 Å². The molecule has 1 unspecified atom stereocenters. The zero-order valence-corrected chi connectivity index (χ0v) is 12.7. The van der Waals surface area contributed by atoms with Crippen LogP contribution in [-0.4, -0.2) is 33.5 Å². The van der Waals surface area contributed by atoms with Crippen LogP contribution in [0.25, 0.3) is 0 Å². The molecule has 1 atom stereocenters. The maximum atomic E-state index is 6.10. The third-order valence-electron chi connectivity index (χ3n) is 3.96. The van der Waals surface area contributed by atoms with Gasteiger partial charge in [0.2, 0.25) is 0 Å².